The van der Waals surface area contributed by atoms with Crippen LogP contribution in [0.5, 0.6) is 0 Å². The van der Waals surface area contributed by atoms with E-state index < -0.39 is 0 Å². The lowest BCUT2D eigenvalue weighted by Crippen LogP contribution is -2.31. The molecule has 0 saturated carbocycles. The molecule has 0 aromatic heterocycles. The van der Waals surface area contributed by atoms with Gasteiger partial charge in [0, 0.05) is 0 Å². The third kappa shape index (κ3) is 3.26. The summed E-state index contributed by atoms with van der Waals surface area (Å²) in [4.78, 5) is 14.5. The zero-order valence-corrected chi connectivity index (χ0v) is 12.9. The molecule has 24 heavy (non-hydrogen) atoms. The second-order valence-electron chi connectivity index (χ2n) is 5.09. The van der Waals surface area contributed by atoms with E-state index >= 15 is 0 Å². The fourth-order valence-corrected chi connectivity index (χ4v) is 2.40. The number of urea groups is 1. The fourth-order valence-electron chi connectivity index (χ4n) is 2.40. The molecular formula is C20H15N3O. The fraction of sp³-hybridized carbons (Fsp3) is 0. The number of nitrogens with one attached hydrogen (secondary N) is 1. The van der Waals surface area contributed by atoms with Crippen molar-refractivity contribution in [2.45, 2.75) is 0 Å². The van der Waals surface area contributed by atoms with E-state index in [1.165, 1.54) is 0 Å². The lowest BCUT2D eigenvalue weighted by Gasteiger charge is -2.23. The second kappa shape index (κ2) is 7.12. The lowest BCUT2D eigenvalue weighted by molar-refractivity contribution is 0.259. The van der Waals surface area contributed by atoms with Gasteiger partial charge in [-0.05, 0) is 36.4 Å². The number of benzene rings is 3. The average Bonchev–Trinajstić information content (AvgIpc) is 2.64. The molecule has 3 rings (SSSR count). The maximum absolute atomic E-state index is 12.9. The van der Waals surface area contributed by atoms with Gasteiger partial charge in [0.2, 0.25) is 0 Å². The minimum Gasteiger partial charge on any atom is -0.306 e. The van der Waals surface area contributed by atoms with Crippen molar-refractivity contribution in [2.75, 3.05) is 10.2 Å². The normalized spacial score (nSPS) is 9.79. The predicted molar refractivity (Wildman–Crippen MR) is 95.2 cm³/mol. The summed E-state index contributed by atoms with van der Waals surface area (Å²) >= 11 is 0. The monoisotopic (exact) mass is 313 g/mol. The molecule has 0 aliphatic rings. The Hall–Kier alpha value is -3.58. The number of carbonyl (C=O) groups excluding carboxylic acids is 1. The molecule has 0 saturated heterocycles. The van der Waals surface area contributed by atoms with Crippen molar-refractivity contribution < 1.29 is 4.79 Å². The van der Waals surface area contributed by atoms with Crippen molar-refractivity contribution in [3.8, 4) is 6.07 Å². The van der Waals surface area contributed by atoms with Crippen molar-refractivity contribution >= 4 is 23.1 Å². The zero-order valence-electron chi connectivity index (χ0n) is 12.9. The van der Waals surface area contributed by atoms with Gasteiger partial charge in [-0.15, -0.1) is 0 Å². The van der Waals surface area contributed by atoms with E-state index in [-0.39, 0.29) is 6.03 Å². The van der Waals surface area contributed by atoms with Gasteiger partial charge in [0.05, 0.1) is 22.6 Å². The van der Waals surface area contributed by atoms with Crippen molar-refractivity contribution in [2.24, 2.45) is 0 Å². The van der Waals surface area contributed by atoms with Crippen LogP contribution in [0.25, 0.3) is 0 Å². The van der Waals surface area contributed by atoms with Crippen LogP contribution in [0.3, 0.4) is 0 Å². The number of hydrogen-bond donors (Lipinski definition) is 1. The van der Waals surface area contributed by atoms with E-state index in [2.05, 4.69) is 11.4 Å². The van der Waals surface area contributed by atoms with Crippen molar-refractivity contribution in [1.82, 2.24) is 0 Å². The Morgan fingerprint density at radius 2 is 1.29 bits per heavy atom. The molecule has 4 nitrogen and oxygen atoms in total. The molecule has 0 aliphatic carbocycles. The first-order valence-electron chi connectivity index (χ1n) is 7.50. The van der Waals surface area contributed by atoms with Gasteiger partial charge in [0.1, 0.15) is 6.07 Å². The Bertz CT molecular complexity index is 831. The highest BCUT2D eigenvalue weighted by atomic mass is 16.2. The van der Waals surface area contributed by atoms with Gasteiger partial charge in [-0.25, -0.2) is 4.79 Å². The van der Waals surface area contributed by atoms with Gasteiger partial charge in [0.15, 0.2) is 0 Å². The summed E-state index contributed by atoms with van der Waals surface area (Å²) in [7, 11) is 0. The average molecular weight is 313 g/mol. The van der Waals surface area contributed by atoms with Crippen LogP contribution in [0.1, 0.15) is 5.56 Å². The summed E-state index contributed by atoms with van der Waals surface area (Å²) in [5, 5.41) is 12.0. The highest BCUT2D eigenvalue weighted by Crippen LogP contribution is 2.26. The maximum Gasteiger partial charge on any atom is 0.330 e. The molecule has 0 atom stereocenters. The van der Waals surface area contributed by atoms with E-state index in [0.29, 0.717) is 11.3 Å². The smallest absolute Gasteiger partial charge is 0.306 e. The molecule has 0 heterocycles. The number of para-hydroxylation sites is 3. The Balaban J connectivity index is 1.97. The van der Waals surface area contributed by atoms with E-state index in [9.17, 15) is 10.1 Å². The standard InChI is InChI=1S/C20H15N3O/c21-15-16-9-7-8-14-19(16)22-20(24)23(17-10-3-1-4-11-17)18-12-5-2-6-13-18/h1-14H,(H,22,24). The van der Waals surface area contributed by atoms with E-state index in [1.54, 1.807) is 29.2 Å². The molecule has 0 unspecified atom stereocenters. The summed E-state index contributed by atoms with van der Waals surface area (Å²) < 4.78 is 0. The van der Waals surface area contributed by atoms with Gasteiger partial charge >= 0.3 is 6.03 Å². The Morgan fingerprint density at radius 1 is 0.792 bits per heavy atom. The van der Waals surface area contributed by atoms with E-state index in [4.69, 9.17) is 0 Å². The first-order valence-corrected chi connectivity index (χ1v) is 7.50. The van der Waals surface area contributed by atoms with Crippen LogP contribution >= 0.6 is 0 Å². The molecule has 0 spiro atoms. The lowest BCUT2D eigenvalue weighted by atomic mass is 10.2. The topological polar surface area (TPSA) is 56.1 Å². The van der Waals surface area contributed by atoms with Gasteiger partial charge in [-0.3, -0.25) is 4.90 Å². The number of nitrogens with zero attached hydrogens (tertiary/aromatic N) is 2. The van der Waals surface area contributed by atoms with Crippen molar-refractivity contribution in [1.29, 1.82) is 5.26 Å². The first kappa shape index (κ1) is 15.3. The molecule has 2 amide bonds. The van der Waals surface area contributed by atoms with Crippen LogP contribution in [0.15, 0.2) is 84.9 Å². The maximum atomic E-state index is 12.9. The molecule has 1 N–H and O–H groups in total. The largest absolute Gasteiger partial charge is 0.330 e. The summed E-state index contributed by atoms with van der Waals surface area (Å²) in [5.41, 5.74) is 2.40. The third-order valence-electron chi connectivity index (χ3n) is 3.52. The summed E-state index contributed by atoms with van der Waals surface area (Å²) in [5.74, 6) is 0. The van der Waals surface area contributed by atoms with Crippen LogP contribution < -0.4 is 10.2 Å². The number of anilines is 3. The quantitative estimate of drug-likeness (QED) is 0.745. The van der Waals surface area contributed by atoms with Gasteiger partial charge < -0.3 is 5.32 Å². The van der Waals surface area contributed by atoms with Gasteiger partial charge in [-0.1, -0.05) is 48.5 Å². The Labute approximate surface area is 140 Å². The Morgan fingerprint density at radius 3 is 1.83 bits per heavy atom. The van der Waals surface area contributed by atoms with Crippen molar-refractivity contribution in [3.63, 3.8) is 0 Å². The molecule has 0 bridgehead atoms. The van der Waals surface area contributed by atoms with Crippen LogP contribution in [-0.4, -0.2) is 6.03 Å². The zero-order chi connectivity index (χ0) is 16.8. The highest BCUT2D eigenvalue weighted by Gasteiger charge is 2.18. The number of rotatable bonds is 3. The highest BCUT2D eigenvalue weighted by molar-refractivity contribution is 6.07. The van der Waals surface area contributed by atoms with Crippen LogP contribution in [-0.2, 0) is 0 Å². The molecule has 0 aliphatic heterocycles. The van der Waals surface area contributed by atoms with Crippen molar-refractivity contribution in [3.05, 3.63) is 90.5 Å². The van der Waals surface area contributed by atoms with Crippen LogP contribution in [0.2, 0.25) is 0 Å². The molecule has 116 valence electrons. The third-order valence-corrected chi connectivity index (χ3v) is 3.52. The first-order chi connectivity index (χ1) is 11.8. The van der Waals surface area contributed by atoms with Crippen LogP contribution in [0.4, 0.5) is 21.9 Å². The Kier molecular flexibility index (Phi) is 4.55. The van der Waals surface area contributed by atoms with Crippen LogP contribution in [0, 0.1) is 11.3 Å². The molecule has 0 radical (unpaired) electrons. The summed E-state index contributed by atoms with van der Waals surface area (Å²) in [6.07, 6.45) is 0. The van der Waals surface area contributed by atoms with E-state index in [0.717, 1.165) is 11.4 Å². The summed E-state index contributed by atoms with van der Waals surface area (Å²) in [6.45, 7) is 0. The molecular weight excluding hydrogens is 298 g/mol. The van der Waals surface area contributed by atoms with Gasteiger partial charge in [0.25, 0.3) is 0 Å². The number of amides is 2. The number of carbonyl (C=O) groups is 1. The second-order valence-corrected chi connectivity index (χ2v) is 5.09. The SMILES string of the molecule is N#Cc1ccccc1NC(=O)N(c1ccccc1)c1ccccc1. The number of hydrogen-bond acceptors (Lipinski definition) is 2. The molecule has 3 aromatic rings. The molecule has 4 heteroatoms. The number of nitriles is 1. The minimum atomic E-state index is -0.324. The molecule has 0 fully saturated rings. The predicted octanol–water partition coefficient (Wildman–Crippen LogP) is 4.93. The minimum absolute atomic E-state index is 0.324. The summed E-state index contributed by atoms with van der Waals surface area (Å²) in [6, 6.07) is 27.5. The van der Waals surface area contributed by atoms with E-state index in [1.807, 2.05) is 60.7 Å². The molecule has 3 aromatic carbocycles. The van der Waals surface area contributed by atoms with Gasteiger partial charge in [-0.2, -0.15) is 5.26 Å².